The Morgan fingerprint density at radius 1 is 0.615 bits per heavy atom. The Kier molecular flexibility index (Phi) is 2.56. The lowest BCUT2D eigenvalue weighted by molar-refractivity contribution is 0.661. The molecule has 0 amide bonds. The SMILES string of the molecule is CC1(C)c2ccc3c(c2-c2c1ccc1ccccc21)-c1ccccc1C3. The highest BCUT2D eigenvalue weighted by Gasteiger charge is 2.39. The van der Waals surface area contributed by atoms with Crippen LogP contribution >= 0.6 is 0 Å². The van der Waals surface area contributed by atoms with Crippen LogP contribution in [0.2, 0.25) is 0 Å². The number of benzene rings is 4. The fourth-order valence-corrected chi connectivity index (χ4v) is 5.21. The third kappa shape index (κ3) is 1.60. The summed E-state index contributed by atoms with van der Waals surface area (Å²) in [5.74, 6) is 0. The Hall–Kier alpha value is -2.86. The van der Waals surface area contributed by atoms with E-state index < -0.39 is 0 Å². The van der Waals surface area contributed by atoms with Crippen LogP contribution < -0.4 is 0 Å². The first-order chi connectivity index (χ1) is 12.7. The zero-order valence-corrected chi connectivity index (χ0v) is 15.1. The zero-order chi connectivity index (χ0) is 17.5. The van der Waals surface area contributed by atoms with Crippen LogP contribution in [0.15, 0.2) is 72.8 Å². The van der Waals surface area contributed by atoms with Crippen LogP contribution in [-0.2, 0) is 11.8 Å². The molecule has 0 unspecified atom stereocenters. The molecule has 2 aliphatic carbocycles. The van der Waals surface area contributed by atoms with Crippen LogP contribution in [0.1, 0.15) is 36.1 Å². The minimum absolute atomic E-state index is 0.0429. The molecule has 0 saturated heterocycles. The van der Waals surface area contributed by atoms with E-state index in [0.717, 1.165) is 6.42 Å². The average molecular weight is 332 g/mol. The van der Waals surface area contributed by atoms with E-state index in [0.29, 0.717) is 0 Å². The molecular weight excluding hydrogens is 312 g/mol. The van der Waals surface area contributed by atoms with Gasteiger partial charge in [0, 0.05) is 5.41 Å². The van der Waals surface area contributed by atoms with Gasteiger partial charge in [-0.25, -0.2) is 0 Å². The van der Waals surface area contributed by atoms with Gasteiger partial charge in [0.15, 0.2) is 0 Å². The molecule has 124 valence electrons. The fourth-order valence-electron chi connectivity index (χ4n) is 5.21. The molecule has 0 saturated carbocycles. The van der Waals surface area contributed by atoms with Crippen molar-refractivity contribution in [1.82, 2.24) is 0 Å². The first-order valence-corrected chi connectivity index (χ1v) is 9.43. The summed E-state index contributed by atoms with van der Waals surface area (Å²) < 4.78 is 0. The van der Waals surface area contributed by atoms with Crippen LogP contribution in [0.5, 0.6) is 0 Å². The monoisotopic (exact) mass is 332 g/mol. The number of hydrogen-bond acceptors (Lipinski definition) is 0. The Labute approximate surface area is 154 Å². The summed E-state index contributed by atoms with van der Waals surface area (Å²) in [6.07, 6.45) is 1.05. The highest BCUT2D eigenvalue weighted by molar-refractivity contribution is 6.07. The van der Waals surface area contributed by atoms with Crippen LogP contribution in [-0.4, -0.2) is 0 Å². The maximum Gasteiger partial charge on any atom is 0.0159 e. The molecule has 0 atom stereocenters. The molecule has 4 aromatic carbocycles. The maximum atomic E-state index is 2.38. The van der Waals surface area contributed by atoms with E-state index in [-0.39, 0.29) is 5.41 Å². The van der Waals surface area contributed by atoms with E-state index in [1.165, 1.54) is 55.3 Å². The van der Waals surface area contributed by atoms with Crippen LogP contribution in [0.3, 0.4) is 0 Å². The Morgan fingerprint density at radius 3 is 2.27 bits per heavy atom. The molecule has 0 nitrogen and oxygen atoms in total. The zero-order valence-electron chi connectivity index (χ0n) is 15.1. The van der Waals surface area contributed by atoms with Crippen molar-refractivity contribution in [2.24, 2.45) is 0 Å². The molecular formula is C26H20. The average Bonchev–Trinajstić information content (AvgIpc) is 3.15. The summed E-state index contributed by atoms with van der Waals surface area (Å²) in [5.41, 5.74) is 11.7. The van der Waals surface area contributed by atoms with Crippen LogP contribution in [0.25, 0.3) is 33.0 Å². The third-order valence-electron chi connectivity index (χ3n) is 6.48. The highest BCUT2D eigenvalue weighted by atomic mass is 14.4. The first kappa shape index (κ1) is 14.3. The fraction of sp³-hybridized carbons (Fsp3) is 0.154. The van der Waals surface area contributed by atoms with E-state index in [1.54, 1.807) is 0 Å². The molecule has 0 aromatic heterocycles. The summed E-state index contributed by atoms with van der Waals surface area (Å²) in [6, 6.07) is 27.2. The van der Waals surface area contributed by atoms with Gasteiger partial charge in [0.25, 0.3) is 0 Å². The molecule has 2 aliphatic rings. The first-order valence-electron chi connectivity index (χ1n) is 9.43. The van der Waals surface area contributed by atoms with Crippen molar-refractivity contribution < 1.29 is 0 Å². The minimum atomic E-state index is 0.0429. The molecule has 0 fully saturated rings. The van der Waals surface area contributed by atoms with Gasteiger partial charge >= 0.3 is 0 Å². The topological polar surface area (TPSA) is 0 Å². The minimum Gasteiger partial charge on any atom is -0.0619 e. The number of hydrogen-bond donors (Lipinski definition) is 0. The van der Waals surface area contributed by atoms with Gasteiger partial charge in [-0.2, -0.15) is 0 Å². The Bertz CT molecular complexity index is 1220. The van der Waals surface area contributed by atoms with Crippen molar-refractivity contribution in [2.75, 3.05) is 0 Å². The van der Waals surface area contributed by atoms with Gasteiger partial charge in [-0.1, -0.05) is 86.6 Å². The number of rotatable bonds is 0. The lowest BCUT2D eigenvalue weighted by Crippen LogP contribution is -2.14. The van der Waals surface area contributed by atoms with E-state index in [2.05, 4.69) is 86.6 Å². The summed E-state index contributed by atoms with van der Waals surface area (Å²) in [6.45, 7) is 4.75. The predicted octanol–water partition coefficient (Wildman–Crippen LogP) is 6.72. The van der Waals surface area contributed by atoms with E-state index in [4.69, 9.17) is 0 Å². The smallest absolute Gasteiger partial charge is 0.0159 e. The van der Waals surface area contributed by atoms with E-state index >= 15 is 0 Å². The van der Waals surface area contributed by atoms with Gasteiger partial charge < -0.3 is 0 Å². The molecule has 26 heavy (non-hydrogen) atoms. The molecule has 0 radical (unpaired) electrons. The predicted molar refractivity (Wildman–Crippen MR) is 110 cm³/mol. The van der Waals surface area contributed by atoms with Crippen molar-refractivity contribution in [1.29, 1.82) is 0 Å². The Morgan fingerprint density at radius 2 is 1.35 bits per heavy atom. The Balaban J connectivity index is 1.82. The molecule has 0 heteroatoms. The van der Waals surface area contributed by atoms with Crippen LogP contribution in [0.4, 0.5) is 0 Å². The van der Waals surface area contributed by atoms with Gasteiger partial charge in [0.2, 0.25) is 0 Å². The number of fused-ring (bicyclic) bond motifs is 9. The maximum absolute atomic E-state index is 2.38. The lowest BCUT2D eigenvalue weighted by atomic mass is 9.81. The summed E-state index contributed by atoms with van der Waals surface area (Å²) >= 11 is 0. The van der Waals surface area contributed by atoms with Crippen molar-refractivity contribution in [3.05, 3.63) is 95.1 Å². The summed E-state index contributed by atoms with van der Waals surface area (Å²) in [5, 5.41) is 2.72. The standard InChI is InChI=1S/C26H20/c1-26(2)21-13-11-16-7-3-5-9-19(16)24(21)25-22(26)14-12-18-15-17-8-4-6-10-20(17)23(18)25/h3-14H,15H2,1-2H3. The van der Waals surface area contributed by atoms with Crippen LogP contribution in [0, 0.1) is 0 Å². The lowest BCUT2D eigenvalue weighted by Gasteiger charge is -2.22. The van der Waals surface area contributed by atoms with Gasteiger partial charge in [-0.3, -0.25) is 0 Å². The molecule has 0 aliphatic heterocycles. The third-order valence-corrected chi connectivity index (χ3v) is 6.48. The van der Waals surface area contributed by atoms with Gasteiger partial charge in [0.05, 0.1) is 0 Å². The second-order valence-corrected chi connectivity index (χ2v) is 8.19. The van der Waals surface area contributed by atoms with E-state index in [9.17, 15) is 0 Å². The summed E-state index contributed by atoms with van der Waals surface area (Å²) in [4.78, 5) is 0. The normalized spacial score (nSPS) is 15.5. The van der Waals surface area contributed by atoms with Crippen molar-refractivity contribution in [3.63, 3.8) is 0 Å². The molecule has 6 rings (SSSR count). The molecule has 4 aromatic rings. The summed E-state index contributed by atoms with van der Waals surface area (Å²) in [7, 11) is 0. The van der Waals surface area contributed by atoms with Gasteiger partial charge in [0.1, 0.15) is 0 Å². The second kappa shape index (κ2) is 4.65. The van der Waals surface area contributed by atoms with Crippen molar-refractivity contribution >= 4 is 10.8 Å². The van der Waals surface area contributed by atoms with Gasteiger partial charge in [-0.15, -0.1) is 0 Å². The molecule has 0 N–H and O–H groups in total. The van der Waals surface area contributed by atoms with E-state index in [1.807, 2.05) is 0 Å². The van der Waals surface area contributed by atoms with Crippen molar-refractivity contribution in [2.45, 2.75) is 25.7 Å². The van der Waals surface area contributed by atoms with Gasteiger partial charge in [-0.05, 0) is 61.7 Å². The van der Waals surface area contributed by atoms with Crippen molar-refractivity contribution in [3.8, 4) is 22.3 Å². The second-order valence-electron chi connectivity index (χ2n) is 8.19. The molecule has 0 heterocycles. The quantitative estimate of drug-likeness (QED) is 0.295. The highest BCUT2D eigenvalue weighted by Crippen LogP contribution is 2.56. The molecule has 0 bridgehead atoms. The largest absolute Gasteiger partial charge is 0.0619 e. The molecule has 0 spiro atoms.